The van der Waals surface area contributed by atoms with Crippen molar-refractivity contribution in [3.8, 4) is 0 Å². The molecule has 0 aliphatic heterocycles. The van der Waals surface area contributed by atoms with Gasteiger partial charge in [-0.15, -0.1) is 12.4 Å². The Labute approximate surface area is 67.2 Å². The monoisotopic (exact) mass is 163 g/mol. The van der Waals surface area contributed by atoms with E-state index in [0.29, 0.717) is 0 Å². The second-order valence-electron chi connectivity index (χ2n) is 3.35. The molecule has 0 aromatic rings. The Bertz CT molecular complexity index is 119. The van der Waals surface area contributed by atoms with E-state index in [1.165, 1.54) is 0 Å². The first-order chi connectivity index (χ1) is 4.33. The molecule has 2 fully saturated rings. The predicted octanol–water partition coefficient (Wildman–Crippen LogP) is 0.384. The highest BCUT2D eigenvalue weighted by Crippen LogP contribution is 2.56. The van der Waals surface area contributed by atoms with Crippen LogP contribution in [0, 0.1) is 17.8 Å². The molecule has 2 nitrogen and oxygen atoms in total. The Morgan fingerprint density at radius 1 is 1.30 bits per heavy atom. The van der Waals surface area contributed by atoms with Gasteiger partial charge < -0.3 is 10.8 Å². The number of rotatable bonds is 1. The zero-order valence-corrected chi connectivity index (χ0v) is 6.68. The lowest BCUT2D eigenvalue weighted by Crippen LogP contribution is -2.11. The second-order valence-corrected chi connectivity index (χ2v) is 3.35. The van der Waals surface area contributed by atoms with Crippen LogP contribution in [0.2, 0.25) is 0 Å². The van der Waals surface area contributed by atoms with Gasteiger partial charge in [-0.25, -0.2) is 0 Å². The summed E-state index contributed by atoms with van der Waals surface area (Å²) in [5.74, 6) is 2.36. The average Bonchev–Trinajstić information content (AvgIpc) is 2.30. The Hall–Kier alpha value is 0.210. The zero-order valence-electron chi connectivity index (χ0n) is 5.86. The molecule has 0 heterocycles. The third-order valence-corrected chi connectivity index (χ3v) is 2.87. The fourth-order valence-electron chi connectivity index (χ4n) is 2.30. The highest BCUT2D eigenvalue weighted by molar-refractivity contribution is 5.85. The quantitative estimate of drug-likeness (QED) is 0.588. The molecule has 10 heavy (non-hydrogen) atoms. The molecule has 3 N–H and O–H groups in total. The number of aliphatic hydroxyl groups is 1. The van der Waals surface area contributed by atoms with E-state index in [9.17, 15) is 0 Å². The minimum absolute atomic E-state index is 0. The van der Waals surface area contributed by atoms with Crippen LogP contribution in [-0.2, 0) is 0 Å². The van der Waals surface area contributed by atoms with Crippen molar-refractivity contribution < 1.29 is 5.11 Å². The van der Waals surface area contributed by atoms with Gasteiger partial charge >= 0.3 is 0 Å². The van der Waals surface area contributed by atoms with Gasteiger partial charge in [-0.1, -0.05) is 0 Å². The Morgan fingerprint density at radius 3 is 2.20 bits per heavy atom. The van der Waals surface area contributed by atoms with Gasteiger partial charge in [0.2, 0.25) is 0 Å². The topological polar surface area (TPSA) is 46.2 Å². The maximum atomic E-state index is 9.10. The molecule has 0 saturated heterocycles. The lowest BCUT2D eigenvalue weighted by molar-refractivity contribution is 0.161. The third kappa shape index (κ3) is 1.04. The highest BCUT2D eigenvalue weighted by Gasteiger charge is 2.54. The van der Waals surface area contributed by atoms with Gasteiger partial charge in [-0.05, 0) is 37.1 Å². The van der Waals surface area contributed by atoms with E-state index < -0.39 is 0 Å². The number of nitrogens with two attached hydrogens (primary N) is 1. The van der Waals surface area contributed by atoms with Crippen LogP contribution in [0.5, 0.6) is 0 Å². The van der Waals surface area contributed by atoms with Crippen LogP contribution >= 0.6 is 12.4 Å². The largest absolute Gasteiger partial charge is 0.393 e. The normalized spacial score (nSPS) is 49.8. The molecule has 3 heteroatoms. The summed E-state index contributed by atoms with van der Waals surface area (Å²) >= 11 is 0. The molecule has 0 spiro atoms. The van der Waals surface area contributed by atoms with Gasteiger partial charge in [0.05, 0.1) is 6.10 Å². The molecule has 0 amide bonds. The Morgan fingerprint density at radius 2 is 1.80 bits per heavy atom. The van der Waals surface area contributed by atoms with Crippen molar-refractivity contribution in [2.24, 2.45) is 23.5 Å². The first-order valence-corrected chi connectivity index (χ1v) is 3.71. The molecule has 0 radical (unpaired) electrons. The molecule has 0 aromatic carbocycles. The third-order valence-electron chi connectivity index (χ3n) is 2.87. The van der Waals surface area contributed by atoms with Crippen molar-refractivity contribution in [2.45, 2.75) is 18.9 Å². The van der Waals surface area contributed by atoms with Gasteiger partial charge in [0, 0.05) is 0 Å². The van der Waals surface area contributed by atoms with Crippen LogP contribution in [0.25, 0.3) is 0 Å². The van der Waals surface area contributed by atoms with Crippen LogP contribution in [0.4, 0.5) is 0 Å². The summed E-state index contributed by atoms with van der Waals surface area (Å²) in [7, 11) is 0. The molecule has 4 atom stereocenters. The predicted molar refractivity (Wildman–Crippen MR) is 42.0 cm³/mol. The average molecular weight is 164 g/mol. The highest BCUT2D eigenvalue weighted by atomic mass is 35.5. The number of hydrogen-bond donors (Lipinski definition) is 2. The summed E-state index contributed by atoms with van der Waals surface area (Å²) in [6, 6.07) is 0. The van der Waals surface area contributed by atoms with Crippen molar-refractivity contribution in [1.29, 1.82) is 0 Å². The van der Waals surface area contributed by atoms with Crippen molar-refractivity contribution in [1.82, 2.24) is 0 Å². The molecular formula is C7H14ClNO. The molecule has 2 saturated carbocycles. The Kier molecular flexibility index (Phi) is 2.23. The van der Waals surface area contributed by atoms with Crippen LogP contribution in [-0.4, -0.2) is 17.8 Å². The maximum Gasteiger partial charge on any atom is 0.0546 e. The van der Waals surface area contributed by atoms with E-state index in [1.807, 2.05) is 0 Å². The number of hydrogen-bond acceptors (Lipinski definition) is 2. The SMILES string of the molecule is Cl.NCC1[C@H]2CC(O)C[C@@H]12. The standard InChI is InChI=1S/C7H13NO.ClH/c8-3-7-5-1-4(9)2-6(5)7;/h4-7,9H,1-3,8H2;1H/t4?,5-,6+,7?;. The van der Waals surface area contributed by atoms with Crippen molar-refractivity contribution in [3.63, 3.8) is 0 Å². The summed E-state index contributed by atoms with van der Waals surface area (Å²) < 4.78 is 0. The maximum absolute atomic E-state index is 9.10. The van der Waals surface area contributed by atoms with Crippen molar-refractivity contribution in [3.05, 3.63) is 0 Å². The molecule has 0 aromatic heterocycles. The van der Waals surface area contributed by atoms with Crippen LogP contribution < -0.4 is 5.73 Å². The molecule has 2 rings (SSSR count). The van der Waals surface area contributed by atoms with E-state index >= 15 is 0 Å². The summed E-state index contributed by atoms with van der Waals surface area (Å²) in [4.78, 5) is 0. The van der Waals surface area contributed by atoms with Gasteiger partial charge in [0.25, 0.3) is 0 Å². The smallest absolute Gasteiger partial charge is 0.0546 e. The number of fused-ring (bicyclic) bond motifs is 1. The van der Waals surface area contributed by atoms with E-state index in [-0.39, 0.29) is 18.5 Å². The summed E-state index contributed by atoms with van der Waals surface area (Å²) in [5.41, 5.74) is 5.49. The van der Waals surface area contributed by atoms with Gasteiger partial charge in [0.1, 0.15) is 0 Å². The lowest BCUT2D eigenvalue weighted by atomic mass is 10.1. The lowest BCUT2D eigenvalue weighted by Gasteiger charge is -2.04. The fourth-order valence-corrected chi connectivity index (χ4v) is 2.30. The van der Waals surface area contributed by atoms with Crippen LogP contribution in [0.3, 0.4) is 0 Å². The van der Waals surface area contributed by atoms with E-state index in [0.717, 1.165) is 37.1 Å². The first-order valence-electron chi connectivity index (χ1n) is 3.71. The van der Waals surface area contributed by atoms with Gasteiger partial charge in [-0.3, -0.25) is 0 Å². The Balaban J connectivity index is 0.000000500. The van der Waals surface area contributed by atoms with Crippen LogP contribution in [0.15, 0.2) is 0 Å². The number of aliphatic hydroxyl groups excluding tert-OH is 1. The minimum Gasteiger partial charge on any atom is -0.393 e. The molecule has 60 valence electrons. The molecule has 2 unspecified atom stereocenters. The zero-order chi connectivity index (χ0) is 6.43. The summed E-state index contributed by atoms with van der Waals surface area (Å²) in [6.07, 6.45) is 2.04. The number of halogens is 1. The first kappa shape index (κ1) is 8.31. The molecule has 2 aliphatic carbocycles. The summed E-state index contributed by atoms with van der Waals surface area (Å²) in [5, 5.41) is 9.10. The fraction of sp³-hybridized carbons (Fsp3) is 1.00. The van der Waals surface area contributed by atoms with E-state index in [4.69, 9.17) is 10.8 Å². The molecule has 0 bridgehead atoms. The van der Waals surface area contributed by atoms with Gasteiger partial charge in [-0.2, -0.15) is 0 Å². The summed E-state index contributed by atoms with van der Waals surface area (Å²) in [6.45, 7) is 0.835. The molecule has 2 aliphatic rings. The van der Waals surface area contributed by atoms with Crippen molar-refractivity contribution in [2.75, 3.05) is 6.54 Å². The minimum atomic E-state index is 0. The molecular weight excluding hydrogens is 150 g/mol. The van der Waals surface area contributed by atoms with Crippen LogP contribution in [0.1, 0.15) is 12.8 Å². The van der Waals surface area contributed by atoms with Gasteiger partial charge in [0.15, 0.2) is 0 Å². The van der Waals surface area contributed by atoms with Crippen molar-refractivity contribution >= 4 is 12.4 Å². The van der Waals surface area contributed by atoms with E-state index in [1.54, 1.807) is 0 Å². The van der Waals surface area contributed by atoms with E-state index in [2.05, 4.69) is 0 Å². The second kappa shape index (κ2) is 2.68.